The van der Waals surface area contributed by atoms with Crippen molar-refractivity contribution < 1.29 is 53.7 Å². The minimum Gasteiger partial charge on any atom is -0.481 e. The number of rotatable bonds is 18. The number of carboxylic acid groups (broad SMARTS) is 3. The number of primary amides is 2. The second-order valence-electron chi connectivity index (χ2n) is 7.67. The van der Waals surface area contributed by atoms with Gasteiger partial charge in [-0.25, -0.2) is 4.79 Å². The summed E-state index contributed by atoms with van der Waals surface area (Å²) in [5, 5.41) is 33.1. The highest BCUT2D eigenvalue weighted by molar-refractivity contribution is 5.96. The lowest BCUT2D eigenvalue weighted by atomic mass is 10.1. The summed E-state index contributed by atoms with van der Waals surface area (Å²) in [4.78, 5) is 92.8. The number of hydrogen-bond donors (Lipinski definition) is 9. The zero-order chi connectivity index (χ0) is 28.0. The van der Waals surface area contributed by atoms with Crippen LogP contribution in [-0.4, -0.2) is 86.9 Å². The van der Waals surface area contributed by atoms with Crippen LogP contribution in [0.4, 0.5) is 0 Å². The molecular formula is C19H30N6O11. The third kappa shape index (κ3) is 13.4. The monoisotopic (exact) mass is 518 g/mol. The van der Waals surface area contributed by atoms with Crippen molar-refractivity contribution in [2.75, 3.05) is 0 Å². The summed E-state index contributed by atoms with van der Waals surface area (Å²) in [5.41, 5.74) is 15.7. The molecule has 12 N–H and O–H groups in total. The van der Waals surface area contributed by atoms with E-state index < -0.39 is 104 Å². The molecule has 0 saturated heterocycles. The number of hydrogen-bond acceptors (Lipinski definition) is 9. The zero-order valence-corrected chi connectivity index (χ0v) is 19.1. The molecule has 0 aliphatic rings. The SMILES string of the molecule is NC(=O)CCC(N)C(=O)NC(CC(N)=O)C(=O)NC(CCC(=O)O)C(=O)NC(CCC(=O)O)C(=O)O. The van der Waals surface area contributed by atoms with Gasteiger partial charge in [-0.15, -0.1) is 0 Å². The smallest absolute Gasteiger partial charge is 0.326 e. The Balaban J connectivity index is 5.59. The molecule has 0 spiro atoms. The molecule has 0 aliphatic carbocycles. The third-order valence-electron chi connectivity index (χ3n) is 4.62. The normalized spacial score (nSPS) is 13.8. The predicted molar refractivity (Wildman–Crippen MR) is 117 cm³/mol. The Hall–Kier alpha value is -4.28. The molecule has 0 fully saturated rings. The molecule has 0 bridgehead atoms. The van der Waals surface area contributed by atoms with Crippen molar-refractivity contribution in [1.29, 1.82) is 0 Å². The Morgan fingerprint density at radius 2 is 1.03 bits per heavy atom. The zero-order valence-electron chi connectivity index (χ0n) is 19.1. The van der Waals surface area contributed by atoms with Crippen molar-refractivity contribution in [3.8, 4) is 0 Å². The van der Waals surface area contributed by atoms with Crippen LogP contribution < -0.4 is 33.2 Å². The van der Waals surface area contributed by atoms with E-state index in [1.54, 1.807) is 0 Å². The van der Waals surface area contributed by atoms with Crippen LogP contribution in [0.15, 0.2) is 0 Å². The van der Waals surface area contributed by atoms with Crippen molar-refractivity contribution in [2.24, 2.45) is 17.2 Å². The van der Waals surface area contributed by atoms with Crippen molar-refractivity contribution in [3.63, 3.8) is 0 Å². The maximum absolute atomic E-state index is 12.7. The van der Waals surface area contributed by atoms with E-state index in [0.29, 0.717) is 0 Å². The van der Waals surface area contributed by atoms with Gasteiger partial charge in [-0.1, -0.05) is 0 Å². The molecule has 0 saturated carbocycles. The van der Waals surface area contributed by atoms with E-state index in [0.717, 1.165) is 0 Å². The van der Waals surface area contributed by atoms with Gasteiger partial charge in [0, 0.05) is 19.3 Å². The van der Waals surface area contributed by atoms with Crippen LogP contribution in [0, 0.1) is 0 Å². The Labute approximate surface area is 204 Å². The van der Waals surface area contributed by atoms with Crippen LogP contribution in [-0.2, 0) is 38.4 Å². The number of aliphatic carboxylic acids is 3. The number of nitrogens with one attached hydrogen (secondary N) is 3. The molecule has 17 heteroatoms. The minimum absolute atomic E-state index is 0.178. The van der Waals surface area contributed by atoms with E-state index in [-0.39, 0.29) is 12.8 Å². The van der Waals surface area contributed by atoms with E-state index >= 15 is 0 Å². The van der Waals surface area contributed by atoms with Crippen LogP contribution >= 0.6 is 0 Å². The largest absolute Gasteiger partial charge is 0.481 e. The topological polar surface area (TPSA) is 311 Å². The van der Waals surface area contributed by atoms with Gasteiger partial charge in [0.25, 0.3) is 0 Å². The molecule has 5 amide bonds. The maximum Gasteiger partial charge on any atom is 0.326 e. The summed E-state index contributed by atoms with van der Waals surface area (Å²) in [5.74, 6) is -9.28. The van der Waals surface area contributed by atoms with Gasteiger partial charge in [-0.05, 0) is 19.3 Å². The predicted octanol–water partition coefficient (Wildman–Crippen LogP) is -4.28. The van der Waals surface area contributed by atoms with Crippen molar-refractivity contribution in [1.82, 2.24) is 16.0 Å². The van der Waals surface area contributed by atoms with Crippen molar-refractivity contribution >= 4 is 47.4 Å². The second-order valence-corrected chi connectivity index (χ2v) is 7.67. The first kappa shape index (κ1) is 31.7. The first-order valence-electron chi connectivity index (χ1n) is 10.5. The molecular weight excluding hydrogens is 488 g/mol. The highest BCUT2D eigenvalue weighted by Gasteiger charge is 2.31. The minimum atomic E-state index is -1.66. The average Bonchev–Trinajstić information content (AvgIpc) is 2.75. The first-order chi connectivity index (χ1) is 16.6. The third-order valence-corrected chi connectivity index (χ3v) is 4.62. The summed E-state index contributed by atoms with van der Waals surface area (Å²) in [6, 6.07) is -6.26. The van der Waals surface area contributed by atoms with Crippen LogP contribution in [0.3, 0.4) is 0 Å². The van der Waals surface area contributed by atoms with Crippen LogP contribution in [0.25, 0.3) is 0 Å². The Kier molecular flexibility index (Phi) is 13.7. The van der Waals surface area contributed by atoms with Crippen molar-refractivity contribution in [3.05, 3.63) is 0 Å². The summed E-state index contributed by atoms with van der Waals surface area (Å²) in [7, 11) is 0. The molecule has 0 aromatic rings. The van der Waals surface area contributed by atoms with Gasteiger partial charge in [-0.2, -0.15) is 0 Å². The lowest BCUT2D eigenvalue weighted by molar-refractivity contribution is -0.144. The fourth-order valence-corrected chi connectivity index (χ4v) is 2.72. The summed E-state index contributed by atoms with van der Waals surface area (Å²) >= 11 is 0. The second kappa shape index (κ2) is 15.6. The standard InChI is InChI=1S/C19H30N6O11/c20-8(1-4-12(21)26)16(32)25-11(7-13(22)27)18(34)23-9(2-5-14(28)29)17(33)24-10(19(35)36)3-6-15(30)31/h8-11H,1-7,20H2,(H2,21,26)(H2,22,27)(H,23,34)(H,24,33)(H,25,32)(H,28,29)(H,30,31)(H,35,36). The van der Waals surface area contributed by atoms with Gasteiger partial charge < -0.3 is 48.5 Å². The van der Waals surface area contributed by atoms with Gasteiger partial charge >= 0.3 is 17.9 Å². The van der Waals surface area contributed by atoms with Crippen LogP contribution in [0.2, 0.25) is 0 Å². The number of carboxylic acids is 3. The maximum atomic E-state index is 12.7. The molecule has 0 aromatic carbocycles. The number of amides is 5. The van der Waals surface area contributed by atoms with Gasteiger partial charge in [-0.3, -0.25) is 33.6 Å². The summed E-state index contributed by atoms with van der Waals surface area (Å²) in [6.45, 7) is 0. The molecule has 0 radical (unpaired) electrons. The lowest BCUT2D eigenvalue weighted by Crippen LogP contribution is -2.57. The van der Waals surface area contributed by atoms with Crippen LogP contribution in [0.1, 0.15) is 44.9 Å². The Morgan fingerprint density at radius 3 is 1.47 bits per heavy atom. The fraction of sp³-hybridized carbons (Fsp3) is 0.579. The van der Waals surface area contributed by atoms with E-state index in [9.17, 15) is 43.5 Å². The average molecular weight is 518 g/mol. The Bertz CT molecular complexity index is 878. The van der Waals surface area contributed by atoms with Crippen molar-refractivity contribution in [2.45, 2.75) is 69.1 Å². The first-order valence-corrected chi connectivity index (χ1v) is 10.5. The van der Waals surface area contributed by atoms with Gasteiger partial charge in [0.05, 0.1) is 12.5 Å². The molecule has 0 aromatic heterocycles. The highest BCUT2D eigenvalue weighted by Crippen LogP contribution is 2.05. The Morgan fingerprint density at radius 1 is 0.583 bits per heavy atom. The van der Waals surface area contributed by atoms with Crippen LogP contribution in [0.5, 0.6) is 0 Å². The molecule has 36 heavy (non-hydrogen) atoms. The van der Waals surface area contributed by atoms with E-state index in [2.05, 4.69) is 10.6 Å². The van der Waals surface area contributed by atoms with Gasteiger partial charge in [0.2, 0.25) is 29.5 Å². The molecule has 4 unspecified atom stereocenters. The molecule has 0 aliphatic heterocycles. The van der Waals surface area contributed by atoms with E-state index in [4.69, 9.17) is 27.4 Å². The quantitative estimate of drug-likeness (QED) is 0.0832. The number of carbonyl (C=O) groups is 8. The molecule has 4 atom stereocenters. The van der Waals surface area contributed by atoms with Gasteiger partial charge in [0.15, 0.2) is 0 Å². The molecule has 0 heterocycles. The van der Waals surface area contributed by atoms with E-state index in [1.165, 1.54) is 0 Å². The van der Waals surface area contributed by atoms with Gasteiger partial charge in [0.1, 0.15) is 18.1 Å². The van der Waals surface area contributed by atoms with E-state index in [1.807, 2.05) is 5.32 Å². The molecule has 202 valence electrons. The molecule has 0 rings (SSSR count). The molecule has 17 nitrogen and oxygen atoms in total. The lowest BCUT2D eigenvalue weighted by Gasteiger charge is -2.24. The summed E-state index contributed by atoms with van der Waals surface area (Å²) < 4.78 is 0. The number of carbonyl (C=O) groups excluding carboxylic acids is 5. The number of nitrogens with two attached hydrogens (primary N) is 3. The highest BCUT2D eigenvalue weighted by atomic mass is 16.4. The summed E-state index contributed by atoms with van der Waals surface area (Å²) in [6.07, 6.45) is -3.44. The fourth-order valence-electron chi connectivity index (χ4n) is 2.72.